The van der Waals surface area contributed by atoms with Gasteiger partial charge in [0.05, 0.1) is 13.2 Å². The topological polar surface area (TPSA) is 82.8 Å². The summed E-state index contributed by atoms with van der Waals surface area (Å²) in [6.45, 7) is 2.74. The summed E-state index contributed by atoms with van der Waals surface area (Å²) in [6.07, 6.45) is 0.750. The third-order valence-corrected chi connectivity index (χ3v) is 2.69. The quantitative estimate of drug-likeness (QED) is 0.599. The van der Waals surface area contributed by atoms with Gasteiger partial charge in [0.25, 0.3) is 0 Å². The van der Waals surface area contributed by atoms with Gasteiger partial charge in [0.1, 0.15) is 6.61 Å². The Morgan fingerprint density at radius 3 is 2.76 bits per heavy atom. The molecule has 0 radical (unpaired) electrons. The summed E-state index contributed by atoms with van der Waals surface area (Å²) in [7, 11) is 1.63. The second kappa shape index (κ2) is 11.2. The van der Waals surface area contributed by atoms with Gasteiger partial charge in [-0.05, 0) is 24.1 Å². The van der Waals surface area contributed by atoms with Crippen molar-refractivity contribution in [3.8, 4) is 0 Å². The van der Waals surface area contributed by atoms with Crippen molar-refractivity contribution in [1.82, 2.24) is 0 Å². The van der Waals surface area contributed by atoms with Crippen LogP contribution in [0, 0.1) is 0 Å². The van der Waals surface area contributed by atoms with Crippen LogP contribution in [0.25, 0.3) is 0 Å². The standard InChI is InChI=1S/C15H24N2O4/c1-19-8-9-20-6-3-7-21-12-15(18)17-14-5-2-4-13(10-14)11-16/h2,4-5,10H,3,6-9,11-12,16H2,1H3,(H,17,18). The van der Waals surface area contributed by atoms with Crippen molar-refractivity contribution >= 4 is 11.6 Å². The van der Waals surface area contributed by atoms with Crippen molar-refractivity contribution in [2.45, 2.75) is 13.0 Å². The Balaban J connectivity index is 2.08. The van der Waals surface area contributed by atoms with Crippen LogP contribution in [-0.4, -0.2) is 46.1 Å². The molecule has 1 amide bonds. The molecule has 0 atom stereocenters. The number of ether oxygens (including phenoxy) is 3. The maximum absolute atomic E-state index is 11.7. The molecular formula is C15H24N2O4. The van der Waals surface area contributed by atoms with E-state index in [9.17, 15) is 4.79 Å². The van der Waals surface area contributed by atoms with Crippen molar-refractivity contribution in [1.29, 1.82) is 0 Å². The van der Waals surface area contributed by atoms with E-state index in [-0.39, 0.29) is 12.5 Å². The van der Waals surface area contributed by atoms with Gasteiger partial charge in [0, 0.05) is 32.6 Å². The molecule has 0 aliphatic rings. The zero-order valence-corrected chi connectivity index (χ0v) is 12.5. The van der Waals surface area contributed by atoms with Crippen LogP contribution in [0.3, 0.4) is 0 Å². The van der Waals surface area contributed by atoms with Crippen molar-refractivity contribution in [3.05, 3.63) is 29.8 Å². The van der Waals surface area contributed by atoms with E-state index in [1.54, 1.807) is 7.11 Å². The normalized spacial score (nSPS) is 10.6. The number of nitrogens with two attached hydrogens (primary N) is 1. The molecule has 6 heteroatoms. The minimum atomic E-state index is -0.176. The molecule has 1 aromatic carbocycles. The molecular weight excluding hydrogens is 272 g/mol. The van der Waals surface area contributed by atoms with Crippen LogP contribution in [0.2, 0.25) is 0 Å². The van der Waals surface area contributed by atoms with Crippen LogP contribution in [0.5, 0.6) is 0 Å². The van der Waals surface area contributed by atoms with E-state index in [4.69, 9.17) is 19.9 Å². The Morgan fingerprint density at radius 2 is 2.00 bits per heavy atom. The predicted octanol–water partition coefficient (Wildman–Crippen LogP) is 1.15. The smallest absolute Gasteiger partial charge is 0.250 e. The first-order valence-electron chi connectivity index (χ1n) is 6.99. The molecule has 1 aromatic rings. The van der Waals surface area contributed by atoms with Gasteiger partial charge in [0.2, 0.25) is 5.91 Å². The second-order valence-corrected chi connectivity index (χ2v) is 4.46. The van der Waals surface area contributed by atoms with E-state index in [0.717, 1.165) is 17.7 Å². The van der Waals surface area contributed by atoms with Crippen LogP contribution in [0.1, 0.15) is 12.0 Å². The van der Waals surface area contributed by atoms with Crippen LogP contribution in [0.15, 0.2) is 24.3 Å². The fourth-order valence-electron chi connectivity index (χ4n) is 1.65. The molecule has 3 N–H and O–H groups in total. The molecule has 0 saturated heterocycles. The molecule has 0 saturated carbocycles. The molecule has 0 fully saturated rings. The Bertz CT molecular complexity index is 412. The number of nitrogens with one attached hydrogen (secondary N) is 1. The number of carbonyl (C=O) groups is 1. The SMILES string of the molecule is COCCOCCCOCC(=O)Nc1cccc(CN)c1. The number of hydrogen-bond acceptors (Lipinski definition) is 5. The number of methoxy groups -OCH3 is 1. The zero-order valence-electron chi connectivity index (χ0n) is 12.5. The molecule has 118 valence electrons. The van der Waals surface area contributed by atoms with Crippen LogP contribution in [0.4, 0.5) is 5.69 Å². The van der Waals surface area contributed by atoms with E-state index in [2.05, 4.69) is 5.32 Å². The first kappa shape index (κ1) is 17.6. The van der Waals surface area contributed by atoms with Gasteiger partial charge in [-0.2, -0.15) is 0 Å². The third-order valence-electron chi connectivity index (χ3n) is 2.69. The largest absolute Gasteiger partial charge is 0.382 e. The lowest BCUT2D eigenvalue weighted by atomic mass is 10.2. The van der Waals surface area contributed by atoms with Gasteiger partial charge in [-0.15, -0.1) is 0 Å². The highest BCUT2D eigenvalue weighted by molar-refractivity contribution is 5.91. The molecule has 0 spiro atoms. The van der Waals surface area contributed by atoms with Gasteiger partial charge in [0.15, 0.2) is 0 Å². The number of anilines is 1. The number of hydrogen-bond donors (Lipinski definition) is 2. The van der Waals surface area contributed by atoms with Gasteiger partial charge in [-0.3, -0.25) is 4.79 Å². The molecule has 0 unspecified atom stereocenters. The van der Waals surface area contributed by atoms with Crippen LogP contribution in [-0.2, 0) is 25.5 Å². The monoisotopic (exact) mass is 296 g/mol. The van der Waals surface area contributed by atoms with E-state index >= 15 is 0 Å². The molecule has 21 heavy (non-hydrogen) atoms. The maximum Gasteiger partial charge on any atom is 0.250 e. The van der Waals surface area contributed by atoms with Gasteiger partial charge >= 0.3 is 0 Å². The molecule has 0 aliphatic carbocycles. The van der Waals surface area contributed by atoms with Crippen molar-refractivity contribution in [3.63, 3.8) is 0 Å². The highest BCUT2D eigenvalue weighted by Gasteiger charge is 2.03. The fourth-order valence-corrected chi connectivity index (χ4v) is 1.65. The first-order chi connectivity index (χ1) is 10.3. The van der Waals surface area contributed by atoms with Gasteiger partial charge in [-0.25, -0.2) is 0 Å². The fraction of sp³-hybridized carbons (Fsp3) is 0.533. The lowest BCUT2D eigenvalue weighted by molar-refractivity contribution is -0.120. The maximum atomic E-state index is 11.7. The average Bonchev–Trinajstić information content (AvgIpc) is 2.50. The van der Waals surface area contributed by atoms with E-state index in [1.807, 2.05) is 24.3 Å². The van der Waals surface area contributed by atoms with Crippen molar-refractivity contribution < 1.29 is 19.0 Å². The number of benzene rings is 1. The summed E-state index contributed by atoms with van der Waals surface area (Å²) >= 11 is 0. The van der Waals surface area contributed by atoms with E-state index in [0.29, 0.717) is 33.0 Å². The first-order valence-corrected chi connectivity index (χ1v) is 6.99. The van der Waals surface area contributed by atoms with Crippen molar-refractivity contribution in [2.24, 2.45) is 5.73 Å². The summed E-state index contributed by atoms with van der Waals surface area (Å²) in [5.41, 5.74) is 7.25. The lowest BCUT2D eigenvalue weighted by Crippen LogP contribution is -2.19. The molecule has 1 rings (SSSR count). The van der Waals surface area contributed by atoms with E-state index < -0.39 is 0 Å². The van der Waals surface area contributed by atoms with Crippen molar-refractivity contribution in [2.75, 3.05) is 45.5 Å². The minimum Gasteiger partial charge on any atom is -0.382 e. The lowest BCUT2D eigenvalue weighted by Gasteiger charge is -2.08. The summed E-state index contributed by atoms with van der Waals surface area (Å²) in [4.78, 5) is 11.7. The Kier molecular flexibility index (Phi) is 9.39. The molecule has 0 heterocycles. The summed E-state index contributed by atoms with van der Waals surface area (Å²) < 4.78 is 15.4. The number of amides is 1. The Hall–Kier alpha value is -1.47. The van der Waals surface area contributed by atoms with Crippen LogP contribution < -0.4 is 11.1 Å². The zero-order chi connectivity index (χ0) is 15.3. The highest BCUT2D eigenvalue weighted by atomic mass is 16.5. The van der Waals surface area contributed by atoms with E-state index in [1.165, 1.54) is 0 Å². The minimum absolute atomic E-state index is 0.0327. The molecule has 0 aliphatic heterocycles. The average molecular weight is 296 g/mol. The number of carbonyl (C=O) groups excluding carboxylic acids is 1. The second-order valence-electron chi connectivity index (χ2n) is 4.46. The predicted molar refractivity (Wildman–Crippen MR) is 81.1 cm³/mol. The highest BCUT2D eigenvalue weighted by Crippen LogP contribution is 2.09. The molecule has 0 aromatic heterocycles. The van der Waals surface area contributed by atoms with Crippen LogP contribution >= 0.6 is 0 Å². The van der Waals surface area contributed by atoms with Gasteiger partial charge < -0.3 is 25.3 Å². The molecule has 0 bridgehead atoms. The van der Waals surface area contributed by atoms with Gasteiger partial charge in [-0.1, -0.05) is 12.1 Å². The molecule has 6 nitrogen and oxygen atoms in total. The number of rotatable bonds is 11. The Labute approximate surface area is 125 Å². The summed E-state index contributed by atoms with van der Waals surface area (Å²) in [5.74, 6) is -0.176. The third kappa shape index (κ3) is 8.41. The summed E-state index contributed by atoms with van der Waals surface area (Å²) in [6, 6.07) is 7.44. The Morgan fingerprint density at radius 1 is 1.19 bits per heavy atom. The summed E-state index contributed by atoms with van der Waals surface area (Å²) in [5, 5.41) is 2.77.